The highest BCUT2D eigenvalue weighted by Crippen LogP contribution is 2.39. The van der Waals surface area contributed by atoms with Crippen LogP contribution in [0.4, 0.5) is 5.69 Å². The Morgan fingerprint density at radius 3 is 2.81 bits per heavy atom. The number of benzene rings is 1. The van der Waals surface area contributed by atoms with Crippen molar-refractivity contribution in [2.45, 2.75) is 23.8 Å². The van der Waals surface area contributed by atoms with Crippen LogP contribution in [0.3, 0.4) is 0 Å². The van der Waals surface area contributed by atoms with E-state index in [9.17, 15) is 8.42 Å². The molecule has 0 amide bonds. The highest BCUT2D eigenvalue weighted by atomic mass is 35.5. The molecule has 1 atom stereocenters. The van der Waals surface area contributed by atoms with E-state index in [1.165, 1.54) is 12.1 Å². The van der Waals surface area contributed by atoms with E-state index in [0.717, 1.165) is 17.7 Å². The number of nitrogen functional groups attached to an aromatic ring is 1. The Morgan fingerprint density at radius 1 is 1.33 bits per heavy atom. The van der Waals surface area contributed by atoms with Gasteiger partial charge in [-0.25, -0.2) is 8.42 Å². The highest BCUT2D eigenvalue weighted by Gasteiger charge is 2.37. The smallest absolute Gasteiger partial charge is 0.245 e. The van der Waals surface area contributed by atoms with Gasteiger partial charge >= 0.3 is 0 Å². The van der Waals surface area contributed by atoms with Crippen LogP contribution < -0.4 is 5.73 Å². The molecule has 7 heteroatoms. The Labute approximate surface area is 133 Å². The van der Waals surface area contributed by atoms with Gasteiger partial charge in [-0.1, -0.05) is 17.7 Å². The zero-order valence-electron chi connectivity index (χ0n) is 11.2. The Kier molecular flexibility index (Phi) is 3.96. The molecular formula is C14H15ClN2O2S2. The van der Waals surface area contributed by atoms with Gasteiger partial charge in [0.05, 0.1) is 11.1 Å². The molecule has 2 N–H and O–H groups in total. The Bertz CT molecular complexity index is 744. The number of sulfonamides is 1. The average molecular weight is 343 g/mol. The number of nitrogens with two attached hydrogens (primary N) is 1. The molecule has 1 unspecified atom stereocenters. The molecule has 1 aliphatic rings. The third kappa shape index (κ3) is 2.68. The van der Waals surface area contributed by atoms with Crippen LogP contribution in [0, 0.1) is 0 Å². The topological polar surface area (TPSA) is 63.4 Å². The van der Waals surface area contributed by atoms with Crippen LogP contribution in [-0.2, 0) is 10.0 Å². The molecule has 0 bridgehead atoms. The van der Waals surface area contributed by atoms with E-state index in [1.54, 1.807) is 21.7 Å². The molecule has 21 heavy (non-hydrogen) atoms. The van der Waals surface area contributed by atoms with Gasteiger partial charge in [0.25, 0.3) is 0 Å². The van der Waals surface area contributed by atoms with Gasteiger partial charge in [-0.3, -0.25) is 0 Å². The summed E-state index contributed by atoms with van der Waals surface area (Å²) >= 11 is 7.66. The first-order valence-electron chi connectivity index (χ1n) is 6.60. The minimum Gasteiger partial charge on any atom is -0.399 e. The van der Waals surface area contributed by atoms with Crippen LogP contribution in [0.15, 0.2) is 40.6 Å². The van der Waals surface area contributed by atoms with E-state index >= 15 is 0 Å². The molecule has 1 fully saturated rings. The van der Waals surface area contributed by atoms with Crippen LogP contribution in [0.5, 0.6) is 0 Å². The molecule has 2 heterocycles. The number of thiophene rings is 1. The normalized spacial score (nSPS) is 20.0. The molecule has 1 aromatic heterocycles. The molecule has 0 saturated carbocycles. The fourth-order valence-corrected chi connectivity index (χ4v) is 5.79. The summed E-state index contributed by atoms with van der Waals surface area (Å²) in [5.74, 6) is 0. The molecular weight excluding hydrogens is 328 g/mol. The second-order valence-electron chi connectivity index (χ2n) is 4.98. The Hall–Kier alpha value is -1.08. The molecule has 4 nitrogen and oxygen atoms in total. The number of hydrogen-bond donors (Lipinski definition) is 1. The van der Waals surface area contributed by atoms with Crippen molar-refractivity contribution in [2.75, 3.05) is 12.3 Å². The maximum absolute atomic E-state index is 12.9. The zero-order valence-corrected chi connectivity index (χ0v) is 13.6. The molecule has 0 spiro atoms. The van der Waals surface area contributed by atoms with Crippen LogP contribution in [0.1, 0.15) is 23.8 Å². The van der Waals surface area contributed by atoms with Crippen molar-refractivity contribution in [1.82, 2.24) is 4.31 Å². The first kappa shape index (κ1) is 14.8. The van der Waals surface area contributed by atoms with Crippen molar-refractivity contribution in [2.24, 2.45) is 0 Å². The lowest BCUT2D eigenvalue weighted by atomic mass is 10.2. The summed E-state index contributed by atoms with van der Waals surface area (Å²) in [5.41, 5.74) is 6.09. The molecule has 3 rings (SSSR count). The lowest BCUT2D eigenvalue weighted by Gasteiger charge is -2.23. The monoisotopic (exact) mass is 342 g/mol. The van der Waals surface area contributed by atoms with Gasteiger partial charge in [0, 0.05) is 17.1 Å². The number of hydrogen-bond acceptors (Lipinski definition) is 4. The predicted octanol–water partition coefficient (Wildman–Crippen LogP) is 3.51. The Balaban J connectivity index is 2.01. The van der Waals surface area contributed by atoms with Gasteiger partial charge < -0.3 is 5.73 Å². The summed E-state index contributed by atoms with van der Waals surface area (Å²) in [5, 5.41) is 2.14. The van der Waals surface area contributed by atoms with Crippen LogP contribution in [0.2, 0.25) is 5.02 Å². The molecule has 0 aliphatic carbocycles. The first-order valence-corrected chi connectivity index (χ1v) is 9.30. The third-order valence-corrected chi connectivity index (χ3v) is 6.98. The van der Waals surface area contributed by atoms with E-state index in [0.29, 0.717) is 12.2 Å². The summed E-state index contributed by atoms with van der Waals surface area (Å²) in [6.45, 7) is 0.519. The van der Waals surface area contributed by atoms with Gasteiger partial charge in [-0.15, -0.1) is 11.3 Å². The fraction of sp³-hybridized carbons (Fsp3) is 0.286. The zero-order chi connectivity index (χ0) is 15.0. The summed E-state index contributed by atoms with van der Waals surface area (Å²) in [4.78, 5) is 1.20. The largest absolute Gasteiger partial charge is 0.399 e. The number of anilines is 1. The van der Waals surface area contributed by atoms with Crippen molar-refractivity contribution in [3.05, 3.63) is 45.6 Å². The van der Waals surface area contributed by atoms with Gasteiger partial charge in [0.2, 0.25) is 10.0 Å². The lowest BCUT2D eigenvalue weighted by molar-refractivity contribution is 0.401. The van der Waals surface area contributed by atoms with Crippen molar-refractivity contribution in [3.63, 3.8) is 0 Å². The number of halogens is 1. The van der Waals surface area contributed by atoms with Crippen molar-refractivity contribution in [1.29, 1.82) is 0 Å². The van der Waals surface area contributed by atoms with Gasteiger partial charge in [0.1, 0.15) is 4.90 Å². The summed E-state index contributed by atoms with van der Waals surface area (Å²) in [6, 6.07) is 8.35. The lowest BCUT2D eigenvalue weighted by Crippen LogP contribution is -2.30. The number of nitrogens with zero attached hydrogens (tertiary/aromatic N) is 1. The SMILES string of the molecule is Nc1ccc(S(=O)(=O)N2CCCC2c2cccs2)c(Cl)c1. The maximum atomic E-state index is 12.9. The van der Waals surface area contributed by atoms with Crippen LogP contribution in [-0.4, -0.2) is 19.3 Å². The van der Waals surface area contributed by atoms with Crippen molar-refractivity contribution in [3.8, 4) is 0 Å². The second-order valence-corrected chi connectivity index (χ2v) is 8.22. The molecule has 1 aromatic carbocycles. The van der Waals surface area contributed by atoms with E-state index in [1.807, 2.05) is 17.5 Å². The minimum atomic E-state index is -3.61. The van der Waals surface area contributed by atoms with E-state index < -0.39 is 10.0 Å². The van der Waals surface area contributed by atoms with Gasteiger partial charge in [-0.05, 0) is 42.5 Å². The second kappa shape index (κ2) is 5.61. The minimum absolute atomic E-state index is 0.0939. The molecule has 1 aliphatic heterocycles. The maximum Gasteiger partial charge on any atom is 0.245 e. The Morgan fingerprint density at radius 2 is 2.14 bits per heavy atom. The summed E-state index contributed by atoms with van der Waals surface area (Å²) in [6.07, 6.45) is 1.70. The van der Waals surface area contributed by atoms with Crippen LogP contribution >= 0.6 is 22.9 Å². The number of rotatable bonds is 3. The average Bonchev–Trinajstić information content (AvgIpc) is 3.09. The van der Waals surface area contributed by atoms with Gasteiger partial charge in [-0.2, -0.15) is 4.31 Å². The standard InChI is InChI=1S/C14H15ClN2O2S2/c15-11-9-10(16)5-6-14(11)21(18,19)17-7-1-3-12(17)13-4-2-8-20-13/h2,4-6,8-9,12H,1,3,7,16H2. The van der Waals surface area contributed by atoms with Crippen LogP contribution in [0.25, 0.3) is 0 Å². The van der Waals surface area contributed by atoms with E-state index in [2.05, 4.69) is 0 Å². The fourth-order valence-electron chi connectivity index (χ4n) is 2.65. The van der Waals surface area contributed by atoms with Crippen molar-refractivity contribution < 1.29 is 8.42 Å². The molecule has 112 valence electrons. The highest BCUT2D eigenvalue weighted by molar-refractivity contribution is 7.89. The molecule has 2 aromatic rings. The van der Waals surface area contributed by atoms with E-state index in [-0.39, 0.29) is 16.0 Å². The molecule has 0 radical (unpaired) electrons. The van der Waals surface area contributed by atoms with Gasteiger partial charge in [0.15, 0.2) is 0 Å². The van der Waals surface area contributed by atoms with E-state index in [4.69, 9.17) is 17.3 Å². The molecule has 1 saturated heterocycles. The quantitative estimate of drug-likeness (QED) is 0.868. The van der Waals surface area contributed by atoms with Crippen molar-refractivity contribution >= 4 is 38.6 Å². The summed E-state index contributed by atoms with van der Waals surface area (Å²) in [7, 11) is -3.61. The predicted molar refractivity (Wildman–Crippen MR) is 86.1 cm³/mol. The third-order valence-electron chi connectivity index (χ3n) is 3.62. The first-order chi connectivity index (χ1) is 10.00. The summed E-state index contributed by atoms with van der Waals surface area (Å²) < 4.78 is 27.3.